The van der Waals surface area contributed by atoms with Gasteiger partial charge in [-0.05, 0) is 54.7 Å². The number of rotatable bonds is 1. The molecule has 1 heteroatoms. The van der Waals surface area contributed by atoms with Gasteiger partial charge in [0.1, 0.15) is 5.75 Å². The summed E-state index contributed by atoms with van der Waals surface area (Å²) in [5.74, 6) is 2.24. The van der Waals surface area contributed by atoms with Crippen LogP contribution < -0.4 is 0 Å². The van der Waals surface area contributed by atoms with Crippen molar-refractivity contribution in [2.75, 3.05) is 0 Å². The van der Waals surface area contributed by atoms with Gasteiger partial charge in [-0.1, -0.05) is 26.8 Å². The first-order valence-electron chi connectivity index (χ1n) is 6.34. The molecule has 1 aromatic rings. The van der Waals surface area contributed by atoms with E-state index in [2.05, 4.69) is 27.7 Å². The van der Waals surface area contributed by atoms with Crippen molar-refractivity contribution < 1.29 is 5.11 Å². The Hall–Kier alpha value is -0.980. The summed E-state index contributed by atoms with van der Waals surface area (Å²) in [5, 5.41) is 10.1. The van der Waals surface area contributed by atoms with Crippen LogP contribution in [0.4, 0.5) is 0 Å². The van der Waals surface area contributed by atoms with Crippen molar-refractivity contribution >= 4 is 0 Å². The van der Waals surface area contributed by atoms with Gasteiger partial charge in [-0.25, -0.2) is 0 Å². The van der Waals surface area contributed by atoms with Gasteiger partial charge in [0.2, 0.25) is 0 Å². The third-order valence-electron chi connectivity index (χ3n) is 4.06. The maximum atomic E-state index is 10.1. The molecule has 0 saturated carbocycles. The SMILES string of the molecule is Cc1ccc(O)c2c1C(C)CCC2C(C)C. The van der Waals surface area contributed by atoms with Gasteiger partial charge in [0.05, 0.1) is 0 Å². The van der Waals surface area contributed by atoms with Crippen LogP contribution >= 0.6 is 0 Å². The Balaban J connectivity index is 2.60. The second kappa shape index (κ2) is 4.12. The second-order valence-electron chi connectivity index (χ2n) is 5.56. The molecule has 1 aromatic carbocycles. The maximum absolute atomic E-state index is 10.1. The topological polar surface area (TPSA) is 20.2 Å². The molecule has 0 bridgehead atoms. The monoisotopic (exact) mass is 218 g/mol. The van der Waals surface area contributed by atoms with Crippen molar-refractivity contribution in [2.24, 2.45) is 5.92 Å². The Morgan fingerprint density at radius 1 is 1.19 bits per heavy atom. The zero-order chi connectivity index (χ0) is 11.9. The molecule has 0 radical (unpaired) electrons. The van der Waals surface area contributed by atoms with Crippen molar-refractivity contribution in [3.8, 4) is 5.75 Å². The average molecular weight is 218 g/mol. The van der Waals surface area contributed by atoms with Gasteiger partial charge in [-0.2, -0.15) is 0 Å². The van der Waals surface area contributed by atoms with Gasteiger partial charge in [0.25, 0.3) is 0 Å². The van der Waals surface area contributed by atoms with Crippen molar-refractivity contribution in [3.05, 3.63) is 28.8 Å². The Morgan fingerprint density at radius 2 is 1.88 bits per heavy atom. The van der Waals surface area contributed by atoms with E-state index in [-0.39, 0.29) is 0 Å². The van der Waals surface area contributed by atoms with Gasteiger partial charge in [0.15, 0.2) is 0 Å². The largest absolute Gasteiger partial charge is 0.508 e. The van der Waals surface area contributed by atoms with Crippen LogP contribution in [0.15, 0.2) is 12.1 Å². The number of aryl methyl sites for hydroxylation is 1. The number of phenolic OH excluding ortho intramolecular Hbond substituents is 1. The van der Waals surface area contributed by atoms with E-state index in [0.717, 1.165) is 0 Å². The van der Waals surface area contributed by atoms with Gasteiger partial charge in [-0.15, -0.1) is 0 Å². The second-order valence-corrected chi connectivity index (χ2v) is 5.56. The van der Waals surface area contributed by atoms with E-state index in [9.17, 15) is 5.11 Å². The summed E-state index contributed by atoms with van der Waals surface area (Å²) in [7, 11) is 0. The lowest BCUT2D eigenvalue weighted by molar-refractivity contribution is 0.382. The van der Waals surface area contributed by atoms with E-state index in [1.54, 1.807) is 0 Å². The minimum Gasteiger partial charge on any atom is -0.508 e. The summed E-state index contributed by atoms with van der Waals surface area (Å²) in [6.07, 6.45) is 2.46. The minimum atomic E-state index is 0.505. The summed E-state index contributed by atoms with van der Waals surface area (Å²) < 4.78 is 0. The molecule has 1 N–H and O–H groups in total. The predicted octanol–water partition coefficient (Wildman–Crippen LogP) is 4.34. The van der Waals surface area contributed by atoms with E-state index in [4.69, 9.17) is 0 Å². The fourth-order valence-corrected chi connectivity index (χ4v) is 3.16. The van der Waals surface area contributed by atoms with Crippen molar-refractivity contribution in [1.29, 1.82) is 0 Å². The Bertz CT molecular complexity index is 393. The summed E-state index contributed by atoms with van der Waals surface area (Å²) in [6.45, 7) is 8.96. The predicted molar refractivity (Wildman–Crippen MR) is 68.1 cm³/mol. The van der Waals surface area contributed by atoms with Crippen LogP contribution in [0.5, 0.6) is 5.75 Å². The smallest absolute Gasteiger partial charge is 0.119 e. The molecule has 1 aliphatic carbocycles. The summed E-state index contributed by atoms with van der Waals surface area (Å²) in [6, 6.07) is 3.91. The molecule has 0 aliphatic heterocycles. The van der Waals surface area contributed by atoms with Crippen molar-refractivity contribution in [3.63, 3.8) is 0 Å². The molecule has 0 spiro atoms. The van der Waals surface area contributed by atoms with Crippen molar-refractivity contribution in [1.82, 2.24) is 0 Å². The fourth-order valence-electron chi connectivity index (χ4n) is 3.16. The average Bonchev–Trinajstić information content (AvgIpc) is 2.23. The molecule has 0 heterocycles. The molecule has 1 nitrogen and oxygen atoms in total. The molecule has 0 saturated heterocycles. The molecular weight excluding hydrogens is 196 g/mol. The third-order valence-corrected chi connectivity index (χ3v) is 4.06. The van der Waals surface area contributed by atoms with Crippen LogP contribution in [0.3, 0.4) is 0 Å². The normalized spacial score (nSPS) is 24.6. The van der Waals surface area contributed by atoms with Crippen LogP contribution in [0.2, 0.25) is 0 Å². The molecule has 1 aliphatic rings. The lowest BCUT2D eigenvalue weighted by Gasteiger charge is -2.34. The zero-order valence-electron chi connectivity index (χ0n) is 10.7. The van der Waals surface area contributed by atoms with Gasteiger partial charge in [-0.3, -0.25) is 0 Å². The van der Waals surface area contributed by atoms with E-state index in [1.807, 2.05) is 12.1 Å². The van der Waals surface area contributed by atoms with Crippen LogP contribution in [-0.2, 0) is 0 Å². The highest BCUT2D eigenvalue weighted by Crippen LogP contribution is 2.47. The molecule has 0 amide bonds. The molecule has 0 aromatic heterocycles. The summed E-state index contributed by atoms with van der Waals surface area (Å²) >= 11 is 0. The number of benzene rings is 1. The third kappa shape index (κ3) is 1.73. The Labute approximate surface area is 98.5 Å². The Morgan fingerprint density at radius 3 is 2.50 bits per heavy atom. The first-order chi connectivity index (χ1) is 7.52. The molecule has 16 heavy (non-hydrogen) atoms. The quantitative estimate of drug-likeness (QED) is 0.743. The fraction of sp³-hybridized carbons (Fsp3) is 0.600. The summed E-state index contributed by atoms with van der Waals surface area (Å²) in [4.78, 5) is 0. The lowest BCUT2D eigenvalue weighted by atomic mass is 9.71. The highest BCUT2D eigenvalue weighted by Gasteiger charge is 2.30. The number of fused-ring (bicyclic) bond motifs is 1. The van der Waals surface area contributed by atoms with Gasteiger partial charge in [0, 0.05) is 5.56 Å². The maximum Gasteiger partial charge on any atom is 0.119 e. The van der Waals surface area contributed by atoms with Crippen LogP contribution in [0.25, 0.3) is 0 Å². The highest BCUT2D eigenvalue weighted by atomic mass is 16.3. The van der Waals surface area contributed by atoms with Crippen LogP contribution in [0, 0.1) is 12.8 Å². The highest BCUT2D eigenvalue weighted by molar-refractivity contribution is 5.49. The van der Waals surface area contributed by atoms with E-state index in [0.29, 0.717) is 23.5 Å². The first kappa shape index (κ1) is 11.5. The van der Waals surface area contributed by atoms with Gasteiger partial charge >= 0.3 is 0 Å². The van der Waals surface area contributed by atoms with Gasteiger partial charge < -0.3 is 5.11 Å². The van der Waals surface area contributed by atoms with Crippen LogP contribution in [-0.4, -0.2) is 5.11 Å². The van der Waals surface area contributed by atoms with Crippen LogP contribution in [0.1, 0.15) is 62.1 Å². The molecular formula is C15H22O. The molecule has 2 atom stereocenters. The zero-order valence-corrected chi connectivity index (χ0v) is 10.7. The number of phenols is 1. The van der Waals surface area contributed by atoms with E-state index < -0.39 is 0 Å². The summed E-state index contributed by atoms with van der Waals surface area (Å²) in [5.41, 5.74) is 3.98. The first-order valence-corrected chi connectivity index (χ1v) is 6.34. The molecule has 0 fully saturated rings. The lowest BCUT2D eigenvalue weighted by Crippen LogP contribution is -2.18. The Kier molecular flexibility index (Phi) is 2.96. The van der Waals surface area contributed by atoms with E-state index in [1.165, 1.54) is 29.5 Å². The number of hydrogen-bond acceptors (Lipinski definition) is 1. The van der Waals surface area contributed by atoms with E-state index >= 15 is 0 Å². The minimum absolute atomic E-state index is 0.505. The standard InChI is InChI=1S/C15H22O/c1-9(2)12-7-5-10(3)14-11(4)6-8-13(16)15(12)14/h6,8-10,12,16H,5,7H2,1-4H3. The molecule has 88 valence electrons. The number of hydrogen-bond donors (Lipinski definition) is 1. The number of aromatic hydroxyl groups is 1. The molecule has 2 unspecified atom stereocenters. The molecule has 2 rings (SSSR count). The van der Waals surface area contributed by atoms with Crippen molar-refractivity contribution in [2.45, 2.75) is 52.4 Å².